The van der Waals surface area contributed by atoms with Crippen molar-refractivity contribution in [2.45, 2.75) is 39.7 Å². The lowest BCUT2D eigenvalue weighted by Crippen LogP contribution is -2.40. The number of nitrogens with one attached hydrogen (secondary N) is 2. The smallest absolute Gasteiger partial charge is 0.251 e. The monoisotopic (exact) mass is 317 g/mol. The second kappa shape index (κ2) is 7.99. The number of rotatable bonds is 5. The molecule has 0 aromatic heterocycles. The van der Waals surface area contributed by atoms with Gasteiger partial charge in [-0.15, -0.1) is 0 Å². The van der Waals surface area contributed by atoms with E-state index in [1.807, 2.05) is 30.9 Å². The highest BCUT2D eigenvalue weighted by molar-refractivity contribution is 5.95. The highest BCUT2D eigenvalue weighted by Gasteiger charge is 2.19. The van der Waals surface area contributed by atoms with Crippen LogP contribution in [0.4, 0.5) is 5.69 Å². The van der Waals surface area contributed by atoms with Crippen LogP contribution in [0.25, 0.3) is 0 Å². The minimum atomic E-state index is -0.0972. The van der Waals surface area contributed by atoms with Crippen molar-refractivity contribution in [2.24, 2.45) is 5.92 Å². The SMILES string of the molecule is CC1CCN(C(=O)CNc2cccc(C(=O)NC(C)C)c2)CC1. The predicted octanol–water partition coefficient (Wildman–Crippen LogP) is 2.50. The summed E-state index contributed by atoms with van der Waals surface area (Å²) in [4.78, 5) is 26.2. The molecule has 23 heavy (non-hydrogen) atoms. The Morgan fingerprint density at radius 1 is 1.26 bits per heavy atom. The van der Waals surface area contributed by atoms with Crippen LogP contribution >= 0.6 is 0 Å². The van der Waals surface area contributed by atoms with E-state index in [4.69, 9.17) is 0 Å². The summed E-state index contributed by atoms with van der Waals surface area (Å²) in [5.74, 6) is 0.733. The summed E-state index contributed by atoms with van der Waals surface area (Å²) in [6.07, 6.45) is 2.16. The third-order valence-corrected chi connectivity index (χ3v) is 4.12. The Morgan fingerprint density at radius 3 is 2.61 bits per heavy atom. The van der Waals surface area contributed by atoms with Crippen LogP contribution in [0.5, 0.6) is 0 Å². The zero-order valence-corrected chi connectivity index (χ0v) is 14.3. The Kier molecular flexibility index (Phi) is 6.02. The van der Waals surface area contributed by atoms with E-state index in [1.165, 1.54) is 0 Å². The van der Waals surface area contributed by atoms with Gasteiger partial charge >= 0.3 is 0 Å². The number of piperidine rings is 1. The molecule has 1 aliphatic rings. The van der Waals surface area contributed by atoms with E-state index in [0.717, 1.165) is 31.6 Å². The Bertz CT molecular complexity index is 549. The fourth-order valence-electron chi connectivity index (χ4n) is 2.66. The molecule has 2 N–H and O–H groups in total. The molecule has 0 aliphatic carbocycles. The van der Waals surface area contributed by atoms with Crippen molar-refractivity contribution < 1.29 is 9.59 Å². The molecule has 2 rings (SSSR count). The van der Waals surface area contributed by atoms with Crippen LogP contribution in [0, 0.1) is 5.92 Å². The van der Waals surface area contributed by atoms with Gasteiger partial charge < -0.3 is 15.5 Å². The molecule has 1 fully saturated rings. The summed E-state index contributed by atoms with van der Waals surface area (Å²) in [7, 11) is 0. The van der Waals surface area contributed by atoms with Crippen LogP contribution in [0.15, 0.2) is 24.3 Å². The lowest BCUT2D eigenvalue weighted by Gasteiger charge is -2.30. The molecular formula is C18H27N3O2. The average Bonchev–Trinajstić information content (AvgIpc) is 2.53. The van der Waals surface area contributed by atoms with Crippen molar-refractivity contribution in [3.63, 3.8) is 0 Å². The van der Waals surface area contributed by atoms with E-state index in [9.17, 15) is 9.59 Å². The molecule has 0 radical (unpaired) electrons. The Balaban J connectivity index is 1.88. The molecule has 1 aromatic rings. The summed E-state index contributed by atoms with van der Waals surface area (Å²) in [6, 6.07) is 7.35. The summed E-state index contributed by atoms with van der Waals surface area (Å²) in [6.45, 7) is 8.05. The number of amides is 2. The van der Waals surface area contributed by atoms with Crippen molar-refractivity contribution in [3.05, 3.63) is 29.8 Å². The van der Waals surface area contributed by atoms with Crippen LogP contribution in [-0.4, -0.2) is 42.4 Å². The zero-order valence-electron chi connectivity index (χ0n) is 14.3. The van der Waals surface area contributed by atoms with Gasteiger partial charge in [-0.25, -0.2) is 0 Å². The van der Waals surface area contributed by atoms with Crippen LogP contribution < -0.4 is 10.6 Å². The topological polar surface area (TPSA) is 61.4 Å². The number of carbonyl (C=O) groups is 2. The predicted molar refractivity (Wildman–Crippen MR) is 92.5 cm³/mol. The van der Waals surface area contributed by atoms with E-state index in [-0.39, 0.29) is 24.4 Å². The molecule has 1 saturated heterocycles. The maximum atomic E-state index is 12.2. The Morgan fingerprint density at radius 2 is 1.96 bits per heavy atom. The third-order valence-electron chi connectivity index (χ3n) is 4.12. The summed E-state index contributed by atoms with van der Waals surface area (Å²) >= 11 is 0. The lowest BCUT2D eigenvalue weighted by atomic mass is 9.99. The molecule has 1 aliphatic heterocycles. The van der Waals surface area contributed by atoms with Gasteiger partial charge in [-0.3, -0.25) is 9.59 Å². The molecule has 126 valence electrons. The lowest BCUT2D eigenvalue weighted by molar-refractivity contribution is -0.130. The number of anilines is 1. The quantitative estimate of drug-likeness (QED) is 0.877. The summed E-state index contributed by atoms with van der Waals surface area (Å²) < 4.78 is 0. The fraction of sp³-hybridized carbons (Fsp3) is 0.556. The van der Waals surface area contributed by atoms with Gasteiger partial charge in [0, 0.05) is 30.4 Å². The molecule has 2 amide bonds. The van der Waals surface area contributed by atoms with Gasteiger partial charge in [-0.1, -0.05) is 13.0 Å². The molecule has 1 aromatic carbocycles. The second-order valence-electron chi connectivity index (χ2n) is 6.63. The second-order valence-corrected chi connectivity index (χ2v) is 6.63. The summed E-state index contributed by atoms with van der Waals surface area (Å²) in [5, 5.41) is 6.00. The number of likely N-dealkylation sites (tertiary alicyclic amines) is 1. The van der Waals surface area contributed by atoms with Gasteiger partial charge in [0.1, 0.15) is 0 Å². The van der Waals surface area contributed by atoms with Crippen LogP contribution in [-0.2, 0) is 4.79 Å². The van der Waals surface area contributed by atoms with Crippen molar-refractivity contribution in [1.29, 1.82) is 0 Å². The largest absolute Gasteiger partial charge is 0.376 e. The molecule has 5 nitrogen and oxygen atoms in total. The standard InChI is InChI=1S/C18H27N3O2/c1-13(2)20-18(23)15-5-4-6-16(11-15)19-12-17(22)21-9-7-14(3)8-10-21/h4-6,11,13-14,19H,7-10,12H2,1-3H3,(H,20,23). The van der Waals surface area contributed by atoms with Crippen molar-refractivity contribution in [2.75, 3.05) is 25.0 Å². The maximum Gasteiger partial charge on any atom is 0.251 e. The zero-order chi connectivity index (χ0) is 16.8. The van der Waals surface area contributed by atoms with Crippen molar-refractivity contribution >= 4 is 17.5 Å². The first-order chi connectivity index (χ1) is 11.0. The van der Waals surface area contributed by atoms with E-state index >= 15 is 0 Å². The van der Waals surface area contributed by atoms with E-state index in [2.05, 4.69) is 17.6 Å². The molecule has 0 atom stereocenters. The van der Waals surface area contributed by atoms with E-state index in [0.29, 0.717) is 11.5 Å². The Labute approximate surface area is 138 Å². The van der Waals surface area contributed by atoms with Crippen LogP contribution in [0.3, 0.4) is 0 Å². The molecule has 0 spiro atoms. The minimum absolute atomic E-state index is 0.0972. The van der Waals surface area contributed by atoms with Crippen molar-refractivity contribution in [1.82, 2.24) is 10.2 Å². The maximum absolute atomic E-state index is 12.2. The Hall–Kier alpha value is -2.04. The summed E-state index contributed by atoms with van der Waals surface area (Å²) in [5.41, 5.74) is 1.39. The molecule has 0 unspecified atom stereocenters. The van der Waals surface area contributed by atoms with Gasteiger partial charge in [-0.05, 0) is 50.8 Å². The van der Waals surface area contributed by atoms with Crippen LogP contribution in [0.2, 0.25) is 0 Å². The number of hydrogen-bond acceptors (Lipinski definition) is 3. The number of carbonyl (C=O) groups excluding carboxylic acids is 2. The first-order valence-corrected chi connectivity index (χ1v) is 8.38. The van der Waals surface area contributed by atoms with E-state index < -0.39 is 0 Å². The molecular weight excluding hydrogens is 290 g/mol. The van der Waals surface area contributed by atoms with Gasteiger partial charge in [0.05, 0.1) is 6.54 Å². The fourth-order valence-corrected chi connectivity index (χ4v) is 2.66. The first kappa shape index (κ1) is 17.3. The minimum Gasteiger partial charge on any atom is -0.376 e. The number of nitrogens with zero attached hydrogens (tertiary/aromatic N) is 1. The third kappa shape index (κ3) is 5.27. The number of hydrogen-bond donors (Lipinski definition) is 2. The molecule has 0 bridgehead atoms. The van der Waals surface area contributed by atoms with Gasteiger partial charge in [0.2, 0.25) is 5.91 Å². The first-order valence-electron chi connectivity index (χ1n) is 8.38. The van der Waals surface area contributed by atoms with Gasteiger partial charge in [-0.2, -0.15) is 0 Å². The highest BCUT2D eigenvalue weighted by atomic mass is 16.2. The van der Waals surface area contributed by atoms with E-state index in [1.54, 1.807) is 12.1 Å². The normalized spacial score (nSPS) is 15.6. The highest BCUT2D eigenvalue weighted by Crippen LogP contribution is 2.16. The molecule has 0 saturated carbocycles. The van der Waals surface area contributed by atoms with Gasteiger partial charge in [0.15, 0.2) is 0 Å². The van der Waals surface area contributed by atoms with Crippen molar-refractivity contribution in [3.8, 4) is 0 Å². The average molecular weight is 317 g/mol. The number of benzene rings is 1. The molecule has 1 heterocycles. The van der Waals surface area contributed by atoms with Crippen LogP contribution in [0.1, 0.15) is 44.0 Å². The molecule has 5 heteroatoms. The van der Waals surface area contributed by atoms with Gasteiger partial charge in [0.25, 0.3) is 5.91 Å².